The average Bonchev–Trinajstić information content (AvgIpc) is 3.02. The lowest BCUT2D eigenvalue weighted by Crippen LogP contribution is -2.48. The molecule has 0 saturated carbocycles. The van der Waals surface area contributed by atoms with Gasteiger partial charge in [-0.05, 0) is 18.4 Å². The second-order valence-corrected chi connectivity index (χ2v) is 6.36. The summed E-state index contributed by atoms with van der Waals surface area (Å²) in [4.78, 5) is 14.5. The van der Waals surface area contributed by atoms with E-state index in [2.05, 4.69) is 15.3 Å². The van der Waals surface area contributed by atoms with Crippen molar-refractivity contribution < 1.29 is 9.90 Å². The minimum atomic E-state index is -0.760. The maximum Gasteiger partial charge on any atom is 0.223 e. The van der Waals surface area contributed by atoms with Crippen LogP contribution in [0.2, 0.25) is 0 Å². The summed E-state index contributed by atoms with van der Waals surface area (Å²) >= 11 is 0. The van der Waals surface area contributed by atoms with Gasteiger partial charge in [-0.25, -0.2) is 0 Å². The molecule has 2 aromatic rings. The summed E-state index contributed by atoms with van der Waals surface area (Å²) in [5.41, 5.74) is 1.86. The van der Waals surface area contributed by atoms with Crippen molar-refractivity contribution in [2.75, 3.05) is 18.0 Å². The molecule has 1 aromatic carbocycles. The molecule has 1 aliphatic rings. The number of hydrogen-bond acceptors (Lipinski definition) is 4. The van der Waals surface area contributed by atoms with Crippen LogP contribution in [-0.2, 0) is 11.8 Å². The summed E-state index contributed by atoms with van der Waals surface area (Å²) in [6.45, 7) is 1.75. The fourth-order valence-corrected chi connectivity index (χ4v) is 3.16. The highest BCUT2D eigenvalue weighted by Crippen LogP contribution is 2.20. The van der Waals surface area contributed by atoms with Crippen molar-refractivity contribution >= 4 is 11.6 Å². The summed E-state index contributed by atoms with van der Waals surface area (Å²) in [7, 11) is 1.90. The molecule has 2 atom stereocenters. The molecule has 0 radical (unpaired) electrons. The third-order valence-corrected chi connectivity index (χ3v) is 4.41. The molecule has 0 bridgehead atoms. The Labute approximate surface area is 142 Å². The number of piperidine rings is 1. The third-order valence-electron chi connectivity index (χ3n) is 4.41. The number of aliphatic hydroxyl groups excluding tert-OH is 1. The van der Waals surface area contributed by atoms with E-state index in [-0.39, 0.29) is 18.4 Å². The van der Waals surface area contributed by atoms with Crippen LogP contribution < -0.4 is 10.2 Å². The zero-order valence-electron chi connectivity index (χ0n) is 13.9. The predicted molar refractivity (Wildman–Crippen MR) is 92.6 cm³/mol. The van der Waals surface area contributed by atoms with Gasteiger partial charge in [0.25, 0.3) is 0 Å². The normalized spacial score (nSPS) is 19.1. The maximum atomic E-state index is 12.2. The lowest BCUT2D eigenvalue weighted by Gasteiger charge is -2.34. The van der Waals surface area contributed by atoms with Crippen LogP contribution in [0.4, 0.5) is 5.69 Å². The fraction of sp³-hybridized carbons (Fsp3) is 0.444. The van der Waals surface area contributed by atoms with Gasteiger partial charge in [0.05, 0.1) is 24.4 Å². The summed E-state index contributed by atoms with van der Waals surface area (Å²) in [6, 6.07) is 9.40. The van der Waals surface area contributed by atoms with Crippen LogP contribution in [0.15, 0.2) is 42.7 Å². The molecule has 2 heterocycles. The first-order chi connectivity index (χ1) is 11.6. The van der Waals surface area contributed by atoms with Gasteiger partial charge in [0, 0.05) is 32.4 Å². The van der Waals surface area contributed by atoms with Gasteiger partial charge in [0.15, 0.2) is 0 Å². The third kappa shape index (κ3) is 4.14. The van der Waals surface area contributed by atoms with E-state index in [1.54, 1.807) is 4.68 Å². The van der Waals surface area contributed by atoms with Crippen LogP contribution in [0, 0.1) is 0 Å². The first-order valence-corrected chi connectivity index (χ1v) is 8.38. The van der Waals surface area contributed by atoms with Crippen molar-refractivity contribution in [2.24, 2.45) is 7.05 Å². The molecule has 2 unspecified atom stereocenters. The van der Waals surface area contributed by atoms with Crippen LogP contribution in [-0.4, -0.2) is 39.9 Å². The van der Waals surface area contributed by atoms with Crippen LogP contribution in [0.25, 0.3) is 0 Å². The van der Waals surface area contributed by atoms with E-state index in [0.717, 1.165) is 37.2 Å². The molecule has 128 valence electrons. The van der Waals surface area contributed by atoms with E-state index in [9.17, 15) is 9.90 Å². The Morgan fingerprint density at radius 3 is 2.92 bits per heavy atom. The number of rotatable bonds is 5. The molecule has 1 fully saturated rings. The first kappa shape index (κ1) is 16.5. The molecular formula is C18H24N4O2. The smallest absolute Gasteiger partial charge is 0.223 e. The number of aromatic nitrogens is 2. The summed E-state index contributed by atoms with van der Waals surface area (Å²) in [5, 5.41) is 17.4. The Balaban J connectivity index is 1.52. The molecule has 2 N–H and O–H groups in total. The van der Waals surface area contributed by atoms with Crippen molar-refractivity contribution in [3.8, 4) is 0 Å². The maximum absolute atomic E-state index is 12.2. The number of carbonyl (C=O) groups is 1. The number of amides is 1. The largest absolute Gasteiger partial charge is 0.388 e. The van der Waals surface area contributed by atoms with Crippen molar-refractivity contribution in [3.63, 3.8) is 0 Å². The number of benzene rings is 1. The van der Waals surface area contributed by atoms with E-state index in [1.165, 1.54) is 0 Å². The Morgan fingerprint density at radius 2 is 2.21 bits per heavy atom. The van der Waals surface area contributed by atoms with Crippen LogP contribution in [0.5, 0.6) is 0 Å². The highest BCUT2D eigenvalue weighted by Gasteiger charge is 2.23. The minimum Gasteiger partial charge on any atom is -0.388 e. The standard InChI is InChI=1S/C18H24N4O2/c1-21-13-16(11-19-21)22-9-5-8-15(12-22)20-18(24)10-17(23)14-6-3-2-4-7-14/h2-4,6-7,11,13,15,17,23H,5,8-10,12H2,1H3,(H,20,24). The monoisotopic (exact) mass is 328 g/mol. The molecular weight excluding hydrogens is 304 g/mol. The van der Waals surface area contributed by atoms with Gasteiger partial charge in [-0.15, -0.1) is 0 Å². The Bertz CT molecular complexity index is 671. The van der Waals surface area contributed by atoms with Gasteiger partial charge >= 0.3 is 0 Å². The van der Waals surface area contributed by atoms with E-state index in [4.69, 9.17) is 0 Å². The molecule has 1 amide bonds. The molecule has 1 aromatic heterocycles. The van der Waals surface area contributed by atoms with E-state index in [1.807, 2.05) is 49.8 Å². The number of nitrogens with zero attached hydrogens (tertiary/aromatic N) is 3. The van der Waals surface area contributed by atoms with Gasteiger partial charge in [0.1, 0.15) is 0 Å². The van der Waals surface area contributed by atoms with E-state index < -0.39 is 6.10 Å². The molecule has 24 heavy (non-hydrogen) atoms. The van der Waals surface area contributed by atoms with Crippen molar-refractivity contribution in [1.82, 2.24) is 15.1 Å². The average molecular weight is 328 g/mol. The molecule has 6 nitrogen and oxygen atoms in total. The molecule has 0 aliphatic carbocycles. The van der Waals surface area contributed by atoms with Crippen molar-refractivity contribution in [3.05, 3.63) is 48.3 Å². The topological polar surface area (TPSA) is 70.4 Å². The Morgan fingerprint density at radius 1 is 1.42 bits per heavy atom. The van der Waals surface area contributed by atoms with Crippen LogP contribution >= 0.6 is 0 Å². The lowest BCUT2D eigenvalue weighted by molar-refractivity contribution is -0.123. The van der Waals surface area contributed by atoms with Gasteiger partial charge in [0.2, 0.25) is 5.91 Å². The van der Waals surface area contributed by atoms with Gasteiger partial charge in [-0.1, -0.05) is 30.3 Å². The number of carbonyl (C=O) groups excluding carboxylic acids is 1. The number of aliphatic hydroxyl groups is 1. The Kier molecular flexibility index (Phi) is 5.15. The molecule has 6 heteroatoms. The zero-order valence-corrected chi connectivity index (χ0v) is 13.9. The second kappa shape index (κ2) is 7.49. The number of anilines is 1. The van der Waals surface area contributed by atoms with Crippen LogP contribution in [0.1, 0.15) is 30.9 Å². The highest BCUT2D eigenvalue weighted by atomic mass is 16.3. The fourth-order valence-electron chi connectivity index (χ4n) is 3.16. The van der Waals surface area contributed by atoms with Gasteiger partial charge in [-0.2, -0.15) is 5.10 Å². The minimum absolute atomic E-state index is 0.0907. The second-order valence-electron chi connectivity index (χ2n) is 6.36. The highest BCUT2D eigenvalue weighted by molar-refractivity contribution is 5.77. The number of hydrogen-bond donors (Lipinski definition) is 2. The van der Waals surface area contributed by atoms with E-state index in [0.29, 0.717) is 0 Å². The van der Waals surface area contributed by atoms with Crippen molar-refractivity contribution in [1.29, 1.82) is 0 Å². The SMILES string of the molecule is Cn1cc(N2CCCC(NC(=O)CC(O)c3ccccc3)C2)cn1. The number of nitrogens with one attached hydrogen (secondary N) is 1. The molecule has 0 spiro atoms. The number of aryl methyl sites for hydroxylation is 1. The van der Waals surface area contributed by atoms with E-state index >= 15 is 0 Å². The van der Waals surface area contributed by atoms with Crippen LogP contribution in [0.3, 0.4) is 0 Å². The predicted octanol–water partition coefficient (Wildman–Crippen LogP) is 1.63. The summed E-state index contributed by atoms with van der Waals surface area (Å²) in [6.07, 6.45) is 5.16. The first-order valence-electron chi connectivity index (χ1n) is 8.38. The van der Waals surface area contributed by atoms with Gasteiger partial charge in [-0.3, -0.25) is 9.48 Å². The molecule has 1 saturated heterocycles. The van der Waals surface area contributed by atoms with Gasteiger partial charge < -0.3 is 15.3 Å². The molecule has 3 rings (SSSR count). The van der Waals surface area contributed by atoms with Crippen molar-refractivity contribution in [2.45, 2.75) is 31.4 Å². The zero-order chi connectivity index (χ0) is 16.9. The Hall–Kier alpha value is -2.34. The molecule has 1 aliphatic heterocycles. The summed E-state index contributed by atoms with van der Waals surface area (Å²) in [5.74, 6) is -0.107. The quantitative estimate of drug-likeness (QED) is 0.875. The summed E-state index contributed by atoms with van der Waals surface area (Å²) < 4.78 is 1.79. The lowest BCUT2D eigenvalue weighted by atomic mass is 10.0.